The Kier molecular flexibility index (Phi) is 6.22. The second-order valence-corrected chi connectivity index (χ2v) is 7.35. The van der Waals surface area contributed by atoms with Crippen LogP contribution in [-0.4, -0.2) is 24.2 Å². The van der Waals surface area contributed by atoms with E-state index in [0.717, 1.165) is 23.3 Å². The van der Waals surface area contributed by atoms with Gasteiger partial charge in [-0.25, -0.2) is 0 Å². The Labute approximate surface area is 125 Å². The van der Waals surface area contributed by atoms with Gasteiger partial charge in [-0.05, 0) is 41.8 Å². The van der Waals surface area contributed by atoms with Crippen molar-refractivity contribution in [3.05, 3.63) is 34.3 Å². The summed E-state index contributed by atoms with van der Waals surface area (Å²) in [5.74, 6) is 1.55. The molecule has 1 rings (SSSR count). The fraction of sp³-hybridized carbons (Fsp3) is 0.600. The highest BCUT2D eigenvalue weighted by Gasteiger charge is 2.24. The number of thiol groups is 1. The molecular formula is C15H24BrNS. The molecule has 0 aliphatic rings. The molecule has 0 saturated carbocycles. The lowest BCUT2D eigenvalue weighted by Crippen LogP contribution is -2.34. The molecule has 0 radical (unpaired) electrons. The highest BCUT2D eigenvalue weighted by Crippen LogP contribution is 2.27. The second kappa shape index (κ2) is 6.97. The molecule has 0 fully saturated rings. The second-order valence-electron chi connectivity index (χ2n) is 6.07. The third-order valence-corrected chi connectivity index (χ3v) is 4.31. The third kappa shape index (κ3) is 5.33. The number of nitrogens with zero attached hydrogens (tertiary/aromatic N) is 1. The van der Waals surface area contributed by atoms with Crippen molar-refractivity contribution in [1.29, 1.82) is 0 Å². The molecular weight excluding hydrogens is 306 g/mol. The van der Waals surface area contributed by atoms with E-state index in [2.05, 4.69) is 85.5 Å². The van der Waals surface area contributed by atoms with Gasteiger partial charge in [0.15, 0.2) is 0 Å². The van der Waals surface area contributed by atoms with E-state index < -0.39 is 0 Å². The average Bonchev–Trinajstić information content (AvgIpc) is 2.27. The SMILES string of the molecule is CN(Cc1ccc(Br)cc1)CC(CS)C(C)(C)C. The predicted octanol–water partition coefficient (Wildman–Crippen LogP) is 4.47. The first kappa shape index (κ1) is 16.1. The summed E-state index contributed by atoms with van der Waals surface area (Å²) in [7, 11) is 2.18. The van der Waals surface area contributed by atoms with Gasteiger partial charge in [-0.3, -0.25) is 0 Å². The van der Waals surface area contributed by atoms with E-state index in [4.69, 9.17) is 0 Å². The molecule has 0 aliphatic carbocycles. The highest BCUT2D eigenvalue weighted by molar-refractivity contribution is 9.10. The van der Waals surface area contributed by atoms with Crippen LogP contribution >= 0.6 is 28.6 Å². The zero-order valence-corrected chi connectivity index (χ0v) is 14.3. The number of rotatable bonds is 5. The lowest BCUT2D eigenvalue weighted by Gasteiger charge is -2.33. The van der Waals surface area contributed by atoms with Crippen molar-refractivity contribution >= 4 is 28.6 Å². The first-order valence-electron chi connectivity index (χ1n) is 6.36. The largest absolute Gasteiger partial charge is 0.302 e. The Balaban J connectivity index is 2.55. The van der Waals surface area contributed by atoms with Gasteiger partial charge in [-0.1, -0.05) is 48.8 Å². The quantitative estimate of drug-likeness (QED) is 0.780. The van der Waals surface area contributed by atoms with Crippen molar-refractivity contribution in [1.82, 2.24) is 4.90 Å². The molecule has 1 aromatic carbocycles. The number of benzene rings is 1. The fourth-order valence-electron chi connectivity index (χ4n) is 1.95. The molecule has 0 bridgehead atoms. The van der Waals surface area contributed by atoms with Gasteiger partial charge in [0.2, 0.25) is 0 Å². The normalized spacial score (nSPS) is 13.9. The van der Waals surface area contributed by atoms with Crippen LogP contribution in [0.4, 0.5) is 0 Å². The van der Waals surface area contributed by atoms with Gasteiger partial charge in [0.05, 0.1) is 0 Å². The van der Waals surface area contributed by atoms with Gasteiger partial charge in [-0.2, -0.15) is 12.6 Å². The zero-order chi connectivity index (χ0) is 13.8. The van der Waals surface area contributed by atoms with Crippen molar-refractivity contribution in [2.24, 2.45) is 11.3 Å². The Morgan fingerprint density at radius 3 is 2.22 bits per heavy atom. The van der Waals surface area contributed by atoms with E-state index in [9.17, 15) is 0 Å². The van der Waals surface area contributed by atoms with E-state index in [1.54, 1.807) is 0 Å². The van der Waals surface area contributed by atoms with Crippen LogP contribution in [0.2, 0.25) is 0 Å². The van der Waals surface area contributed by atoms with Crippen LogP contribution in [0.3, 0.4) is 0 Å². The Bertz CT molecular complexity index is 356. The fourth-order valence-corrected chi connectivity index (χ4v) is 2.88. The number of halogens is 1. The van der Waals surface area contributed by atoms with Crippen molar-refractivity contribution in [2.75, 3.05) is 19.3 Å². The van der Waals surface area contributed by atoms with E-state index in [0.29, 0.717) is 11.3 Å². The van der Waals surface area contributed by atoms with Crippen molar-refractivity contribution in [3.8, 4) is 0 Å². The standard InChI is InChI=1S/C15H24BrNS/c1-15(2,3)13(11-18)10-17(4)9-12-5-7-14(16)8-6-12/h5-8,13,18H,9-11H2,1-4H3. The van der Waals surface area contributed by atoms with E-state index >= 15 is 0 Å². The summed E-state index contributed by atoms with van der Waals surface area (Å²) in [6, 6.07) is 8.55. The van der Waals surface area contributed by atoms with E-state index in [1.165, 1.54) is 5.56 Å². The Morgan fingerprint density at radius 1 is 1.22 bits per heavy atom. The topological polar surface area (TPSA) is 3.24 Å². The first-order chi connectivity index (χ1) is 8.32. The Morgan fingerprint density at radius 2 is 1.78 bits per heavy atom. The maximum absolute atomic E-state index is 4.49. The van der Waals surface area contributed by atoms with Crippen molar-refractivity contribution in [2.45, 2.75) is 27.3 Å². The maximum Gasteiger partial charge on any atom is 0.0230 e. The zero-order valence-electron chi connectivity index (χ0n) is 11.8. The third-order valence-electron chi connectivity index (χ3n) is 3.34. The number of hydrogen-bond acceptors (Lipinski definition) is 2. The van der Waals surface area contributed by atoms with Gasteiger partial charge in [0.25, 0.3) is 0 Å². The van der Waals surface area contributed by atoms with Gasteiger partial charge in [0.1, 0.15) is 0 Å². The van der Waals surface area contributed by atoms with E-state index in [1.807, 2.05) is 0 Å². The van der Waals surface area contributed by atoms with Gasteiger partial charge in [0, 0.05) is 17.6 Å². The Hall–Kier alpha value is 0.01000. The molecule has 3 heteroatoms. The maximum atomic E-state index is 4.49. The lowest BCUT2D eigenvalue weighted by molar-refractivity contribution is 0.183. The van der Waals surface area contributed by atoms with Crippen LogP contribution in [0.1, 0.15) is 26.3 Å². The molecule has 0 amide bonds. The molecule has 0 N–H and O–H groups in total. The molecule has 102 valence electrons. The molecule has 1 nitrogen and oxygen atoms in total. The summed E-state index contributed by atoms with van der Waals surface area (Å²) in [4.78, 5) is 2.38. The minimum Gasteiger partial charge on any atom is -0.302 e. The lowest BCUT2D eigenvalue weighted by atomic mass is 9.81. The van der Waals surface area contributed by atoms with Gasteiger partial charge >= 0.3 is 0 Å². The van der Waals surface area contributed by atoms with Crippen LogP contribution in [0.5, 0.6) is 0 Å². The first-order valence-corrected chi connectivity index (χ1v) is 7.79. The summed E-state index contributed by atoms with van der Waals surface area (Å²) in [5, 5.41) is 0. The van der Waals surface area contributed by atoms with Gasteiger partial charge < -0.3 is 4.90 Å². The molecule has 0 saturated heterocycles. The molecule has 0 aliphatic heterocycles. The predicted molar refractivity (Wildman–Crippen MR) is 87.3 cm³/mol. The summed E-state index contributed by atoms with van der Waals surface area (Å²) in [6.45, 7) is 8.96. The summed E-state index contributed by atoms with van der Waals surface area (Å²) < 4.78 is 1.14. The van der Waals surface area contributed by atoms with Crippen molar-refractivity contribution in [3.63, 3.8) is 0 Å². The van der Waals surface area contributed by atoms with Crippen LogP contribution in [0.15, 0.2) is 28.7 Å². The molecule has 0 aromatic heterocycles. The molecule has 18 heavy (non-hydrogen) atoms. The highest BCUT2D eigenvalue weighted by atomic mass is 79.9. The summed E-state index contributed by atoms with van der Waals surface area (Å²) >= 11 is 7.96. The van der Waals surface area contributed by atoms with Crippen LogP contribution < -0.4 is 0 Å². The smallest absolute Gasteiger partial charge is 0.0230 e. The van der Waals surface area contributed by atoms with Crippen LogP contribution in [-0.2, 0) is 6.54 Å². The molecule has 0 heterocycles. The summed E-state index contributed by atoms with van der Waals surface area (Å²) in [5.41, 5.74) is 1.67. The molecule has 1 unspecified atom stereocenters. The van der Waals surface area contributed by atoms with E-state index in [-0.39, 0.29) is 0 Å². The van der Waals surface area contributed by atoms with Crippen LogP contribution in [0.25, 0.3) is 0 Å². The minimum absolute atomic E-state index is 0.315. The number of hydrogen-bond donors (Lipinski definition) is 1. The monoisotopic (exact) mass is 329 g/mol. The summed E-state index contributed by atoms with van der Waals surface area (Å²) in [6.07, 6.45) is 0. The molecule has 1 aromatic rings. The molecule has 0 spiro atoms. The van der Waals surface area contributed by atoms with Crippen molar-refractivity contribution < 1.29 is 0 Å². The minimum atomic E-state index is 0.315. The molecule has 1 atom stereocenters. The van der Waals surface area contributed by atoms with Gasteiger partial charge in [-0.15, -0.1) is 0 Å². The van der Waals surface area contributed by atoms with Crippen LogP contribution in [0, 0.1) is 11.3 Å². The average molecular weight is 330 g/mol.